The van der Waals surface area contributed by atoms with Gasteiger partial charge in [-0.05, 0) is 5.56 Å². The quantitative estimate of drug-likeness (QED) is 0.819. The highest BCUT2D eigenvalue weighted by Gasteiger charge is 2.38. The Labute approximate surface area is 141 Å². The maximum Gasteiger partial charge on any atom is 0.471 e. The Hall–Kier alpha value is -2.26. The highest BCUT2D eigenvalue weighted by molar-refractivity contribution is 5.83. The molecular weight excluding hydrogens is 339 g/mol. The van der Waals surface area contributed by atoms with Crippen LogP contribution in [0.5, 0.6) is 0 Å². The molecule has 0 aliphatic carbocycles. The summed E-state index contributed by atoms with van der Waals surface area (Å²) in [6.07, 6.45) is -4.41. The molecule has 2 heterocycles. The van der Waals surface area contributed by atoms with Crippen molar-refractivity contribution >= 4 is 5.78 Å². The minimum atomic E-state index is -4.67. The molecule has 6 nitrogen and oxygen atoms in total. The lowest BCUT2D eigenvalue weighted by Crippen LogP contribution is -2.39. The van der Waals surface area contributed by atoms with Crippen molar-refractivity contribution < 1.29 is 27.2 Å². The number of halogens is 3. The summed E-state index contributed by atoms with van der Waals surface area (Å²) in [6.45, 7) is 3.11. The Balaban J connectivity index is 1.60. The fourth-order valence-electron chi connectivity index (χ4n) is 2.52. The fraction of sp³-hybridized carbons (Fsp3) is 0.438. The summed E-state index contributed by atoms with van der Waals surface area (Å²) in [6, 6.07) is 6.50. The fourth-order valence-corrected chi connectivity index (χ4v) is 2.52. The van der Waals surface area contributed by atoms with Crippen LogP contribution >= 0.6 is 0 Å². The molecule has 1 aliphatic heterocycles. The van der Waals surface area contributed by atoms with Gasteiger partial charge in [0, 0.05) is 25.1 Å². The predicted molar refractivity (Wildman–Crippen MR) is 80.7 cm³/mol. The van der Waals surface area contributed by atoms with Gasteiger partial charge in [-0.25, -0.2) is 0 Å². The minimum absolute atomic E-state index is 0.0774. The average Bonchev–Trinajstić information content (AvgIpc) is 3.07. The van der Waals surface area contributed by atoms with Gasteiger partial charge in [-0.3, -0.25) is 9.69 Å². The predicted octanol–water partition coefficient (Wildman–Crippen LogP) is 2.20. The molecule has 0 bridgehead atoms. The van der Waals surface area contributed by atoms with Gasteiger partial charge in [0.05, 0.1) is 19.8 Å². The number of alkyl halides is 3. The number of aromatic nitrogens is 2. The smallest absolute Gasteiger partial charge is 0.379 e. The van der Waals surface area contributed by atoms with Gasteiger partial charge in [-0.15, -0.1) is 0 Å². The third-order valence-corrected chi connectivity index (χ3v) is 3.79. The van der Waals surface area contributed by atoms with Crippen LogP contribution in [0.2, 0.25) is 0 Å². The molecule has 0 unspecified atom stereocenters. The summed E-state index contributed by atoms with van der Waals surface area (Å²) in [5.74, 6) is -1.45. The zero-order chi connectivity index (χ0) is 17.9. The van der Waals surface area contributed by atoms with Crippen LogP contribution in [-0.2, 0) is 22.1 Å². The van der Waals surface area contributed by atoms with Crippen LogP contribution in [0.3, 0.4) is 0 Å². The van der Waals surface area contributed by atoms with E-state index in [9.17, 15) is 18.0 Å². The summed E-state index contributed by atoms with van der Waals surface area (Å²) in [7, 11) is 0. The topological polar surface area (TPSA) is 68.5 Å². The van der Waals surface area contributed by atoms with Gasteiger partial charge in [0.2, 0.25) is 5.82 Å². The van der Waals surface area contributed by atoms with E-state index in [1.165, 1.54) is 0 Å². The highest BCUT2D eigenvalue weighted by atomic mass is 19.4. The van der Waals surface area contributed by atoms with Gasteiger partial charge in [-0.2, -0.15) is 18.2 Å². The van der Waals surface area contributed by atoms with Gasteiger partial charge in [0.1, 0.15) is 0 Å². The zero-order valence-corrected chi connectivity index (χ0v) is 13.3. The molecule has 25 heavy (non-hydrogen) atoms. The van der Waals surface area contributed by atoms with Gasteiger partial charge < -0.3 is 9.26 Å². The van der Waals surface area contributed by atoms with Gasteiger partial charge in [0.15, 0.2) is 5.78 Å². The molecule has 0 saturated carbocycles. The number of ether oxygens (including phenoxy) is 1. The van der Waals surface area contributed by atoms with Crippen molar-refractivity contribution in [3.05, 3.63) is 35.7 Å². The maximum atomic E-state index is 12.5. The lowest BCUT2D eigenvalue weighted by molar-refractivity contribution is -0.159. The number of rotatable bonds is 5. The zero-order valence-electron chi connectivity index (χ0n) is 13.3. The van der Waals surface area contributed by atoms with Crippen LogP contribution in [-0.4, -0.2) is 53.7 Å². The van der Waals surface area contributed by atoms with E-state index in [1.54, 1.807) is 24.3 Å². The van der Waals surface area contributed by atoms with Crippen molar-refractivity contribution in [2.24, 2.45) is 0 Å². The first kappa shape index (κ1) is 17.6. The molecule has 0 spiro atoms. The van der Waals surface area contributed by atoms with E-state index in [2.05, 4.69) is 14.7 Å². The molecule has 0 radical (unpaired) electrons. The number of hydrogen-bond acceptors (Lipinski definition) is 6. The molecule has 134 valence electrons. The van der Waals surface area contributed by atoms with E-state index in [0.717, 1.165) is 18.7 Å². The molecule has 1 aromatic carbocycles. The van der Waals surface area contributed by atoms with E-state index in [4.69, 9.17) is 4.74 Å². The Morgan fingerprint density at radius 1 is 1.16 bits per heavy atom. The summed E-state index contributed by atoms with van der Waals surface area (Å²) >= 11 is 0. The highest BCUT2D eigenvalue weighted by Crippen LogP contribution is 2.29. The summed E-state index contributed by atoms with van der Waals surface area (Å²) in [5.41, 5.74) is 1.17. The Kier molecular flexibility index (Phi) is 5.14. The van der Waals surface area contributed by atoms with E-state index in [-0.39, 0.29) is 18.0 Å². The summed E-state index contributed by atoms with van der Waals surface area (Å²) in [5, 5.41) is 3.33. The first-order valence-electron chi connectivity index (χ1n) is 7.74. The molecule has 0 atom stereocenters. The van der Waals surface area contributed by atoms with E-state index in [1.807, 2.05) is 4.90 Å². The number of nitrogens with zero attached hydrogens (tertiary/aromatic N) is 3. The Morgan fingerprint density at radius 2 is 1.84 bits per heavy atom. The van der Waals surface area contributed by atoms with Crippen molar-refractivity contribution in [1.29, 1.82) is 0 Å². The second kappa shape index (κ2) is 7.32. The van der Waals surface area contributed by atoms with E-state index < -0.39 is 12.1 Å². The number of carbonyl (C=O) groups is 1. The number of carbonyl (C=O) groups excluding carboxylic acids is 1. The van der Waals surface area contributed by atoms with E-state index >= 15 is 0 Å². The Bertz CT molecular complexity index is 722. The van der Waals surface area contributed by atoms with Crippen LogP contribution in [0.1, 0.15) is 11.5 Å². The molecule has 1 aliphatic rings. The Morgan fingerprint density at radius 3 is 2.44 bits per heavy atom. The maximum absolute atomic E-state index is 12.5. The molecule has 1 saturated heterocycles. The second-order valence-corrected chi connectivity index (χ2v) is 5.72. The molecule has 1 aromatic heterocycles. The number of Topliss-reactive ketones (excluding diaryl/α,β-unsaturated/α-hetero) is 1. The molecule has 3 rings (SSSR count). The molecule has 1 fully saturated rings. The minimum Gasteiger partial charge on any atom is -0.379 e. The first-order chi connectivity index (χ1) is 11.9. The van der Waals surface area contributed by atoms with E-state index in [0.29, 0.717) is 25.3 Å². The lowest BCUT2D eigenvalue weighted by Gasteiger charge is -2.25. The summed E-state index contributed by atoms with van der Waals surface area (Å²) in [4.78, 5) is 17.5. The first-order valence-corrected chi connectivity index (χ1v) is 7.74. The van der Waals surface area contributed by atoms with Crippen LogP contribution in [0.15, 0.2) is 28.8 Å². The van der Waals surface area contributed by atoms with Crippen LogP contribution in [0.25, 0.3) is 11.4 Å². The van der Waals surface area contributed by atoms with Crippen molar-refractivity contribution in [2.45, 2.75) is 12.6 Å². The molecule has 9 heteroatoms. The number of morpholine rings is 1. The normalized spacial score (nSPS) is 16.1. The van der Waals surface area contributed by atoms with Gasteiger partial charge >= 0.3 is 12.1 Å². The molecule has 0 amide bonds. The standard InChI is InChI=1S/C16H16F3N3O3/c17-16(18,19)15-20-14(21-25-15)12-3-1-11(2-4-12)9-13(23)10-22-5-7-24-8-6-22/h1-4H,5-10H2. The summed E-state index contributed by atoms with van der Waals surface area (Å²) < 4.78 is 46.9. The average molecular weight is 355 g/mol. The second-order valence-electron chi connectivity index (χ2n) is 5.72. The van der Waals surface area contributed by atoms with Crippen LogP contribution in [0.4, 0.5) is 13.2 Å². The molecular formula is C16H16F3N3O3. The van der Waals surface area contributed by atoms with Gasteiger partial charge in [0.25, 0.3) is 0 Å². The van der Waals surface area contributed by atoms with Gasteiger partial charge in [-0.1, -0.05) is 29.4 Å². The largest absolute Gasteiger partial charge is 0.471 e. The number of ketones is 1. The third kappa shape index (κ3) is 4.64. The molecule has 2 aromatic rings. The van der Waals surface area contributed by atoms with Crippen molar-refractivity contribution in [2.75, 3.05) is 32.8 Å². The van der Waals surface area contributed by atoms with Crippen molar-refractivity contribution in [3.63, 3.8) is 0 Å². The van der Waals surface area contributed by atoms with Crippen LogP contribution < -0.4 is 0 Å². The monoisotopic (exact) mass is 355 g/mol. The SMILES string of the molecule is O=C(Cc1ccc(-c2noc(C(F)(F)F)n2)cc1)CN1CCOCC1. The third-order valence-electron chi connectivity index (χ3n) is 3.79. The number of hydrogen-bond donors (Lipinski definition) is 0. The van der Waals surface area contributed by atoms with Crippen molar-refractivity contribution in [1.82, 2.24) is 15.0 Å². The molecule has 0 N–H and O–H groups in total. The van der Waals surface area contributed by atoms with Crippen LogP contribution in [0, 0.1) is 0 Å². The number of benzene rings is 1. The van der Waals surface area contributed by atoms with Crippen molar-refractivity contribution in [3.8, 4) is 11.4 Å². The lowest BCUT2D eigenvalue weighted by atomic mass is 10.1.